The highest BCUT2D eigenvalue weighted by atomic mass is 16.5. The van der Waals surface area contributed by atoms with Crippen LogP contribution in [-0.4, -0.2) is 61.6 Å². The van der Waals surface area contributed by atoms with E-state index in [0.29, 0.717) is 6.42 Å². The largest absolute Gasteiger partial charge is 0.496 e. The van der Waals surface area contributed by atoms with Crippen LogP contribution in [0.2, 0.25) is 0 Å². The van der Waals surface area contributed by atoms with Gasteiger partial charge in [0.05, 0.1) is 7.11 Å². The lowest BCUT2D eigenvalue weighted by Crippen LogP contribution is -2.60. The van der Waals surface area contributed by atoms with Gasteiger partial charge < -0.3 is 10.1 Å². The SMILES string of the molecule is COc1cc2c(cc1CN1CCN(C)[C@]3(CCNC(=O)CC3)C1)CCC2. The minimum Gasteiger partial charge on any atom is -0.496 e. The third kappa shape index (κ3) is 3.35. The normalized spacial score (nSPS) is 27.2. The van der Waals surface area contributed by atoms with Gasteiger partial charge in [0.2, 0.25) is 5.91 Å². The average Bonchev–Trinajstić information content (AvgIpc) is 3.01. The Morgan fingerprint density at radius 2 is 1.96 bits per heavy atom. The molecule has 2 saturated heterocycles. The molecule has 5 heteroatoms. The number of ether oxygens (including phenoxy) is 1. The highest BCUT2D eigenvalue weighted by molar-refractivity contribution is 5.76. The van der Waals surface area contributed by atoms with Gasteiger partial charge in [0.25, 0.3) is 0 Å². The number of likely N-dealkylation sites (N-methyl/N-ethyl adjacent to an activating group) is 1. The number of carbonyl (C=O) groups excluding carboxylic acids is 1. The number of carbonyl (C=O) groups is 1. The number of piperazine rings is 1. The minimum absolute atomic E-state index is 0.112. The number of nitrogens with one attached hydrogen (secondary N) is 1. The standard InChI is InChI=1S/C21H31N3O2/c1-23-10-11-24(15-21(23)7-6-20(25)22-9-8-21)14-18-12-16-4-3-5-17(16)13-19(18)26-2/h12-13H,3-11,14-15H2,1-2H3,(H,22,25)/t21-/m1/s1. The molecule has 1 atom stereocenters. The Bertz CT molecular complexity index is 690. The van der Waals surface area contributed by atoms with Crippen LogP contribution in [0.25, 0.3) is 0 Å². The summed E-state index contributed by atoms with van der Waals surface area (Å²) in [6.07, 6.45) is 6.28. The van der Waals surface area contributed by atoms with Crippen molar-refractivity contribution < 1.29 is 9.53 Å². The van der Waals surface area contributed by atoms with E-state index < -0.39 is 0 Å². The summed E-state index contributed by atoms with van der Waals surface area (Å²) in [5, 5.41) is 3.04. The number of benzene rings is 1. The van der Waals surface area contributed by atoms with Crippen LogP contribution in [0.5, 0.6) is 5.75 Å². The van der Waals surface area contributed by atoms with E-state index in [0.717, 1.165) is 51.3 Å². The Hall–Kier alpha value is -1.59. The Morgan fingerprint density at radius 3 is 2.77 bits per heavy atom. The van der Waals surface area contributed by atoms with Gasteiger partial charge in [-0.2, -0.15) is 0 Å². The summed E-state index contributed by atoms with van der Waals surface area (Å²) in [6.45, 7) is 4.88. The zero-order valence-corrected chi connectivity index (χ0v) is 16.1. The summed E-state index contributed by atoms with van der Waals surface area (Å²) in [6, 6.07) is 4.64. The van der Waals surface area contributed by atoms with Crippen molar-refractivity contribution in [3.05, 3.63) is 28.8 Å². The second kappa shape index (κ2) is 7.20. The number of hydrogen-bond donors (Lipinski definition) is 1. The molecule has 0 aromatic heterocycles. The van der Waals surface area contributed by atoms with E-state index in [9.17, 15) is 4.79 Å². The molecule has 1 spiro atoms. The van der Waals surface area contributed by atoms with Crippen LogP contribution in [0.1, 0.15) is 42.4 Å². The van der Waals surface area contributed by atoms with Crippen LogP contribution in [-0.2, 0) is 24.2 Å². The monoisotopic (exact) mass is 357 g/mol. The number of hydrogen-bond acceptors (Lipinski definition) is 4. The molecule has 5 nitrogen and oxygen atoms in total. The molecule has 2 heterocycles. The van der Waals surface area contributed by atoms with Crippen molar-refractivity contribution in [2.24, 2.45) is 0 Å². The van der Waals surface area contributed by atoms with Crippen LogP contribution in [0, 0.1) is 0 Å². The predicted octanol–water partition coefficient (Wildman–Crippen LogP) is 1.97. The summed E-state index contributed by atoms with van der Waals surface area (Å²) in [4.78, 5) is 16.9. The van der Waals surface area contributed by atoms with E-state index in [1.807, 2.05) is 0 Å². The van der Waals surface area contributed by atoms with Crippen LogP contribution in [0.15, 0.2) is 12.1 Å². The summed E-state index contributed by atoms with van der Waals surface area (Å²) >= 11 is 0. The lowest BCUT2D eigenvalue weighted by Gasteiger charge is -2.49. The first-order chi connectivity index (χ1) is 12.6. The van der Waals surface area contributed by atoms with Gasteiger partial charge in [-0.3, -0.25) is 14.6 Å². The van der Waals surface area contributed by atoms with Gasteiger partial charge in [0.1, 0.15) is 5.75 Å². The quantitative estimate of drug-likeness (QED) is 0.898. The number of nitrogens with zero attached hydrogens (tertiary/aromatic N) is 2. The minimum atomic E-state index is 0.112. The van der Waals surface area contributed by atoms with E-state index in [1.54, 1.807) is 7.11 Å². The number of fused-ring (bicyclic) bond motifs is 1. The van der Waals surface area contributed by atoms with E-state index in [-0.39, 0.29) is 11.4 Å². The molecule has 1 aromatic rings. The molecule has 4 rings (SSSR count). The van der Waals surface area contributed by atoms with Gasteiger partial charge in [-0.15, -0.1) is 0 Å². The van der Waals surface area contributed by atoms with Crippen molar-refractivity contribution in [1.82, 2.24) is 15.1 Å². The molecule has 2 fully saturated rings. The number of methoxy groups -OCH3 is 1. The second-order valence-electron chi connectivity index (χ2n) is 8.24. The lowest BCUT2D eigenvalue weighted by molar-refractivity contribution is -0.121. The molecule has 3 aliphatic rings. The molecular weight excluding hydrogens is 326 g/mol. The van der Waals surface area contributed by atoms with Gasteiger partial charge >= 0.3 is 0 Å². The molecule has 0 saturated carbocycles. The molecule has 0 bridgehead atoms. The number of rotatable bonds is 3. The summed E-state index contributed by atoms with van der Waals surface area (Å²) < 4.78 is 5.71. The topological polar surface area (TPSA) is 44.8 Å². The first kappa shape index (κ1) is 17.8. The number of amides is 1. The van der Waals surface area contributed by atoms with E-state index in [2.05, 4.69) is 34.3 Å². The fourth-order valence-corrected chi connectivity index (χ4v) is 5.02. The zero-order chi connectivity index (χ0) is 18.1. The third-order valence-corrected chi connectivity index (χ3v) is 6.70. The summed E-state index contributed by atoms with van der Waals surface area (Å²) in [5.41, 5.74) is 4.40. The first-order valence-corrected chi connectivity index (χ1v) is 9.99. The molecule has 1 N–H and O–H groups in total. The molecule has 0 radical (unpaired) electrons. The lowest BCUT2D eigenvalue weighted by atomic mass is 9.86. The predicted molar refractivity (Wildman–Crippen MR) is 103 cm³/mol. The van der Waals surface area contributed by atoms with Crippen LogP contribution < -0.4 is 10.1 Å². The number of aryl methyl sites for hydroxylation is 2. The fourth-order valence-electron chi connectivity index (χ4n) is 5.02. The Kier molecular flexibility index (Phi) is 4.93. The molecule has 142 valence electrons. The maximum Gasteiger partial charge on any atom is 0.220 e. The Balaban J connectivity index is 1.53. The Morgan fingerprint density at radius 1 is 1.15 bits per heavy atom. The summed E-state index contributed by atoms with van der Waals surface area (Å²) in [5.74, 6) is 1.24. The van der Waals surface area contributed by atoms with Crippen LogP contribution >= 0.6 is 0 Å². The van der Waals surface area contributed by atoms with Gasteiger partial charge in [-0.05, 0) is 56.3 Å². The average molecular weight is 357 g/mol. The fraction of sp³-hybridized carbons (Fsp3) is 0.667. The maximum absolute atomic E-state index is 11.8. The molecule has 2 aliphatic heterocycles. The molecular formula is C21H31N3O2. The highest BCUT2D eigenvalue weighted by Gasteiger charge is 2.40. The molecule has 1 amide bonds. The van der Waals surface area contributed by atoms with Gasteiger partial charge in [0, 0.05) is 50.2 Å². The molecule has 0 unspecified atom stereocenters. The van der Waals surface area contributed by atoms with Crippen molar-refractivity contribution in [1.29, 1.82) is 0 Å². The molecule has 26 heavy (non-hydrogen) atoms. The van der Waals surface area contributed by atoms with Crippen molar-refractivity contribution in [3.63, 3.8) is 0 Å². The van der Waals surface area contributed by atoms with Gasteiger partial charge in [0.15, 0.2) is 0 Å². The van der Waals surface area contributed by atoms with Crippen molar-refractivity contribution >= 4 is 5.91 Å². The molecule has 1 aliphatic carbocycles. The van der Waals surface area contributed by atoms with Crippen molar-refractivity contribution in [3.8, 4) is 5.75 Å². The van der Waals surface area contributed by atoms with E-state index in [4.69, 9.17) is 4.74 Å². The third-order valence-electron chi connectivity index (χ3n) is 6.70. The second-order valence-corrected chi connectivity index (χ2v) is 8.24. The molecule has 1 aromatic carbocycles. The highest BCUT2D eigenvalue weighted by Crippen LogP contribution is 2.34. The van der Waals surface area contributed by atoms with Crippen LogP contribution in [0.3, 0.4) is 0 Å². The van der Waals surface area contributed by atoms with E-state index >= 15 is 0 Å². The summed E-state index contributed by atoms with van der Waals surface area (Å²) in [7, 11) is 4.01. The smallest absolute Gasteiger partial charge is 0.220 e. The van der Waals surface area contributed by atoms with Gasteiger partial charge in [-0.1, -0.05) is 6.07 Å². The van der Waals surface area contributed by atoms with Crippen molar-refractivity contribution in [2.75, 3.05) is 40.3 Å². The maximum atomic E-state index is 11.8. The zero-order valence-electron chi connectivity index (χ0n) is 16.1. The van der Waals surface area contributed by atoms with Crippen molar-refractivity contribution in [2.45, 2.75) is 50.6 Å². The van der Waals surface area contributed by atoms with Crippen LogP contribution in [0.4, 0.5) is 0 Å². The first-order valence-electron chi connectivity index (χ1n) is 9.99. The Labute approximate surface area is 156 Å². The van der Waals surface area contributed by atoms with Gasteiger partial charge in [-0.25, -0.2) is 0 Å². The van der Waals surface area contributed by atoms with E-state index in [1.165, 1.54) is 36.0 Å².